The van der Waals surface area contributed by atoms with E-state index in [9.17, 15) is 8.42 Å². The van der Waals surface area contributed by atoms with Crippen LogP contribution in [0.4, 0.5) is 0 Å². The minimum absolute atomic E-state index is 0.0690. The second kappa shape index (κ2) is 5.10. The Kier molecular flexibility index (Phi) is 3.43. The maximum absolute atomic E-state index is 11.7. The van der Waals surface area contributed by atoms with E-state index in [1.165, 1.54) is 4.90 Å². The zero-order chi connectivity index (χ0) is 14.2. The Balaban J connectivity index is 2.05. The molecule has 0 saturated carbocycles. The number of rotatable bonds is 2. The largest absolute Gasteiger partial charge is 0.331 e. The molecule has 0 bridgehead atoms. The van der Waals surface area contributed by atoms with Crippen molar-refractivity contribution in [2.24, 2.45) is 4.40 Å². The number of sulfonamides is 1. The summed E-state index contributed by atoms with van der Waals surface area (Å²) in [6.45, 7) is 0.456. The number of nitrogens with zero attached hydrogens (tertiary/aromatic N) is 2. The van der Waals surface area contributed by atoms with Crippen molar-refractivity contribution < 1.29 is 8.42 Å². The number of hydrogen-bond acceptors (Lipinski definition) is 4. The molecule has 20 heavy (non-hydrogen) atoms. The minimum atomic E-state index is -3.34. The fourth-order valence-electron chi connectivity index (χ4n) is 2.21. The van der Waals surface area contributed by atoms with Crippen molar-refractivity contribution in [1.29, 1.82) is 0 Å². The standard InChI is InChI=1S/C14H14N2O2S2/c1-19-12-6-4-11(5-7-12)13-3-2-8-16-9-10-20(17,18)15-14(13)16/h2-8H,9-10H2,1H3. The smallest absolute Gasteiger partial charge is 0.256 e. The molecule has 2 aliphatic heterocycles. The highest BCUT2D eigenvalue weighted by atomic mass is 32.2. The third-order valence-electron chi connectivity index (χ3n) is 3.26. The van der Waals surface area contributed by atoms with Crippen LogP contribution in [0.15, 0.2) is 51.9 Å². The van der Waals surface area contributed by atoms with Gasteiger partial charge in [-0.15, -0.1) is 16.2 Å². The van der Waals surface area contributed by atoms with Crippen molar-refractivity contribution in [2.75, 3.05) is 18.6 Å². The third kappa shape index (κ3) is 2.53. The maximum Gasteiger partial charge on any atom is 0.256 e. The van der Waals surface area contributed by atoms with Crippen molar-refractivity contribution >= 4 is 33.2 Å². The van der Waals surface area contributed by atoms with Crippen LogP contribution >= 0.6 is 11.8 Å². The molecule has 0 aliphatic carbocycles. The lowest BCUT2D eigenvalue weighted by atomic mass is 10.0. The molecule has 104 valence electrons. The van der Waals surface area contributed by atoms with Crippen molar-refractivity contribution in [3.8, 4) is 0 Å². The topological polar surface area (TPSA) is 49.7 Å². The summed E-state index contributed by atoms with van der Waals surface area (Å²) >= 11 is 1.68. The first-order chi connectivity index (χ1) is 9.59. The third-order valence-corrected chi connectivity index (χ3v) is 5.15. The summed E-state index contributed by atoms with van der Waals surface area (Å²) in [6, 6.07) is 8.06. The van der Waals surface area contributed by atoms with Gasteiger partial charge in [-0.1, -0.05) is 12.1 Å². The van der Waals surface area contributed by atoms with Gasteiger partial charge in [-0.05, 0) is 36.1 Å². The van der Waals surface area contributed by atoms with E-state index in [-0.39, 0.29) is 5.75 Å². The van der Waals surface area contributed by atoms with E-state index in [1.54, 1.807) is 11.8 Å². The molecule has 0 spiro atoms. The highest BCUT2D eigenvalue weighted by Gasteiger charge is 2.27. The van der Waals surface area contributed by atoms with E-state index >= 15 is 0 Å². The summed E-state index contributed by atoms with van der Waals surface area (Å²) in [6.07, 6.45) is 7.73. The van der Waals surface area contributed by atoms with Crippen LogP contribution in [-0.2, 0) is 10.0 Å². The SMILES string of the molecule is CSc1ccc(C2=CC=CN3CCS(=O)(=O)N=C23)cc1. The fraction of sp³-hybridized carbons (Fsp3) is 0.214. The summed E-state index contributed by atoms with van der Waals surface area (Å²) in [7, 11) is -3.34. The number of hydrogen-bond donors (Lipinski definition) is 0. The molecule has 1 aromatic carbocycles. The summed E-state index contributed by atoms with van der Waals surface area (Å²) in [5.41, 5.74) is 1.83. The predicted octanol–water partition coefficient (Wildman–Crippen LogP) is 2.36. The van der Waals surface area contributed by atoms with Crippen molar-refractivity contribution in [3.63, 3.8) is 0 Å². The Labute approximate surface area is 122 Å². The zero-order valence-corrected chi connectivity index (χ0v) is 12.6. The molecule has 4 nitrogen and oxygen atoms in total. The van der Waals surface area contributed by atoms with Gasteiger partial charge in [0.25, 0.3) is 10.0 Å². The van der Waals surface area contributed by atoms with Gasteiger partial charge in [0.1, 0.15) is 0 Å². The van der Waals surface area contributed by atoms with Gasteiger partial charge in [-0.25, -0.2) is 8.42 Å². The van der Waals surface area contributed by atoms with Gasteiger partial charge in [-0.2, -0.15) is 0 Å². The van der Waals surface area contributed by atoms with Gasteiger partial charge >= 0.3 is 0 Å². The maximum atomic E-state index is 11.7. The van der Waals surface area contributed by atoms with E-state index in [2.05, 4.69) is 4.40 Å². The van der Waals surface area contributed by atoms with Gasteiger partial charge in [0, 0.05) is 23.2 Å². The Hall–Kier alpha value is -1.53. The van der Waals surface area contributed by atoms with Crippen molar-refractivity contribution in [3.05, 3.63) is 48.2 Å². The number of amidine groups is 1. The average Bonchev–Trinajstić information content (AvgIpc) is 2.46. The van der Waals surface area contributed by atoms with Crippen LogP contribution in [0.5, 0.6) is 0 Å². The van der Waals surface area contributed by atoms with E-state index in [0.717, 1.165) is 11.1 Å². The van der Waals surface area contributed by atoms with Crippen LogP contribution in [-0.4, -0.2) is 37.7 Å². The van der Waals surface area contributed by atoms with Gasteiger partial charge in [0.15, 0.2) is 5.84 Å². The van der Waals surface area contributed by atoms with Gasteiger partial charge in [0.05, 0.1) is 5.75 Å². The van der Waals surface area contributed by atoms with Crippen LogP contribution in [0.25, 0.3) is 5.57 Å². The summed E-state index contributed by atoms with van der Waals surface area (Å²) < 4.78 is 27.4. The van der Waals surface area contributed by atoms with Crippen LogP contribution in [0.2, 0.25) is 0 Å². The van der Waals surface area contributed by atoms with Crippen LogP contribution in [0.3, 0.4) is 0 Å². The van der Waals surface area contributed by atoms with Crippen LogP contribution in [0.1, 0.15) is 5.56 Å². The molecule has 0 aromatic heterocycles. The number of thioether (sulfide) groups is 1. The Morgan fingerprint density at radius 1 is 1.25 bits per heavy atom. The molecular weight excluding hydrogens is 292 g/mol. The molecule has 2 aliphatic rings. The number of allylic oxidation sites excluding steroid dienone is 2. The first kappa shape index (κ1) is 13.5. The monoisotopic (exact) mass is 306 g/mol. The van der Waals surface area contributed by atoms with Gasteiger partial charge in [-0.3, -0.25) is 0 Å². The molecular formula is C14H14N2O2S2. The van der Waals surface area contributed by atoms with Crippen LogP contribution < -0.4 is 0 Å². The Morgan fingerprint density at radius 2 is 2.00 bits per heavy atom. The quantitative estimate of drug-likeness (QED) is 0.787. The van der Waals surface area contributed by atoms with Crippen molar-refractivity contribution in [1.82, 2.24) is 4.90 Å². The molecule has 1 aromatic rings. The predicted molar refractivity (Wildman–Crippen MR) is 83.3 cm³/mol. The summed E-state index contributed by atoms with van der Waals surface area (Å²) in [4.78, 5) is 3.06. The minimum Gasteiger partial charge on any atom is -0.331 e. The Bertz CT molecular complexity index is 716. The molecule has 0 amide bonds. The molecule has 6 heteroatoms. The lowest BCUT2D eigenvalue weighted by Crippen LogP contribution is -2.37. The molecule has 2 heterocycles. The van der Waals surface area contributed by atoms with Crippen molar-refractivity contribution in [2.45, 2.75) is 4.90 Å². The van der Waals surface area contributed by atoms with E-state index in [1.807, 2.05) is 53.8 Å². The lowest BCUT2D eigenvalue weighted by molar-refractivity contribution is 0.550. The second-order valence-electron chi connectivity index (χ2n) is 4.54. The van der Waals surface area contributed by atoms with E-state index in [4.69, 9.17) is 0 Å². The highest BCUT2D eigenvalue weighted by Crippen LogP contribution is 2.26. The Morgan fingerprint density at radius 3 is 2.70 bits per heavy atom. The molecule has 0 N–H and O–H groups in total. The molecule has 0 unspecified atom stereocenters. The van der Waals surface area contributed by atoms with Crippen LogP contribution in [0, 0.1) is 0 Å². The molecule has 0 radical (unpaired) electrons. The van der Waals surface area contributed by atoms with E-state index in [0.29, 0.717) is 12.4 Å². The molecule has 0 saturated heterocycles. The first-order valence-electron chi connectivity index (χ1n) is 6.22. The first-order valence-corrected chi connectivity index (χ1v) is 9.05. The number of fused-ring (bicyclic) bond motifs is 1. The van der Waals surface area contributed by atoms with Gasteiger partial charge < -0.3 is 4.90 Å². The highest BCUT2D eigenvalue weighted by molar-refractivity contribution is 7.98. The average molecular weight is 306 g/mol. The lowest BCUT2D eigenvalue weighted by Gasteiger charge is -2.29. The normalized spacial score (nSPS) is 20.1. The zero-order valence-electron chi connectivity index (χ0n) is 11.0. The van der Waals surface area contributed by atoms with Gasteiger partial charge in [0.2, 0.25) is 0 Å². The second-order valence-corrected chi connectivity index (χ2v) is 7.18. The number of benzene rings is 1. The summed E-state index contributed by atoms with van der Waals surface area (Å²) in [5.74, 6) is 0.593. The molecule has 3 rings (SSSR count). The summed E-state index contributed by atoms with van der Waals surface area (Å²) in [5, 5.41) is 0. The van der Waals surface area contributed by atoms with E-state index < -0.39 is 10.0 Å². The molecule has 0 atom stereocenters. The molecule has 0 fully saturated rings. The fourth-order valence-corrected chi connectivity index (χ4v) is 3.61.